The number of rotatable bonds is 14. The van der Waals surface area contributed by atoms with Crippen molar-refractivity contribution in [3.05, 3.63) is 126 Å². The van der Waals surface area contributed by atoms with Gasteiger partial charge in [0, 0.05) is 63.5 Å². The van der Waals surface area contributed by atoms with Crippen molar-refractivity contribution in [2.24, 2.45) is 11.7 Å². The monoisotopic (exact) mass is 816 g/mol. The lowest BCUT2D eigenvalue weighted by Gasteiger charge is -2.34. The van der Waals surface area contributed by atoms with Crippen LogP contribution in [-0.2, 0) is 6.42 Å². The molecule has 8 nitrogen and oxygen atoms in total. The SMILES string of the molecule is NCCCNc1ccc(SNC(=O)c2ccc(N3CCC(Cc4ccccc4-c4ccc(Cl)cc4)CC3)cc2Oc2cnc3[nH]ccc3c2)cc1SC(F)(F)F. The van der Waals surface area contributed by atoms with Crippen molar-refractivity contribution >= 4 is 63.6 Å². The fourth-order valence-corrected chi connectivity index (χ4v) is 8.32. The number of pyridine rings is 1. The minimum Gasteiger partial charge on any atom is -0.455 e. The van der Waals surface area contributed by atoms with Crippen LogP contribution in [0.5, 0.6) is 11.5 Å². The van der Waals surface area contributed by atoms with Crippen LogP contribution in [0.4, 0.5) is 24.5 Å². The van der Waals surface area contributed by atoms with Crippen molar-refractivity contribution in [1.29, 1.82) is 0 Å². The summed E-state index contributed by atoms with van der Waals surface area (Å²) >= 11 is 6.89. The highest BCUT2D eigenvalue weighted by molar-refractivity contribution is 8.00. The lowest BCUT2D eigenvalue weighted by molar-refractivity contribution is -0.0328. The number of nitrogens with zero attached hydrogens (tertiary/aromatic N) is 2. The summed E-state index contributed by atoms with van der Waals surface area (Å²) in [5.41, 5.74) is 7.01. The average molecular weight is 817 g/mol. The number of thioether (sulfide) groups is 1. The molecule has 0 unspecified atom stereocenters. The molecule has 3 heterocycles. The van der Waals surface area contributed by atoms with Crippen LogP contribution in [0.3, 0.4) is 0 Å². The van der Waals surface area contributed by atoms with E-state index in [0.717, 1.165) is 60.9 Å². The number of nitrogens with two attached hydrogens (primary N) is 1. The second kappa shape index (κ2) is 18.0. The molecule has 7 rings (SSSR count). The number of carbonyl (C=O) groups excluding carboxylic acids is 1. The fraction of sp³-hybridized carbons (Fsp3) is 0.238. The zero-order chi connectivity index (χ0) is 39.1. The van der Waals surface area contributed by atoms with Crippen molar-refractivity contribution in [1.82, 2.24) is 14.7 Å². The quantitative estimate of drug-likeness (QED) is 0.0489. The van der Waals surface area contributed by atoms with E-state index in [9.17, 15) is 18.0 Å². The maximum Gasteiger partial charge on any atom is 0.446 e. The first-order chi connectivity index (χ1) is 27.1. The van der Waals surface area contributed by atoms with E-state index in [1.54, 1.807) is 30.6 Å². The summed E-state index contributed by atoms with van der Waals surface area (Å²) in [4.78, 5) is 24.0. The Hall–Kier alpha value is -4.82. The molecule has 56 heavy (non-hydrogen) atoms. The molecule has 0 bridgehead atoms. The third-order valence-corrected chi connectivity index (χ3v) is 11.4. The number of aromatic amines is 1. The topological polar surface area (TPSA) is 108 Å². The summed E-state index contributed by atoms with van der Waals surface area (Å²) in [7, 11) is 0. The van der Waals surface area contributed by atoms with Gasteiger partial charge in [0.1, 0.15) is 17.1 Å². The molecule has 0 atom stereocenters. The smallest absolute Gasteiger partial charge is 0.446 e. The third-order valence-electron chi connectivity index (χ3n) is 9.61. The first-order valence-electron chi connectivity index (χ1n) is 18.3. The maximum atomic E-state index is 13.7. The predicted octanol–water partition coefficient (Wildman–Crippen LogP) is 10.9. The van der Waals surface area contributed by atoms with Crippen LogP contribution < -0.4 is 25.4 Å². The van der Waals surface area contributed by atoms with Crippen LogP contribution in [0.25, 0.3) is 22.2 Å². The van der Waals surface area contributed by atoms with Gasteiger partial charge in [-0.1, -0.05) is 48.0 Å². The average Bonchev–Trinajstić information content (AvgIpc) is 3.66. The molecule has 0 aliphatic carbocycles. The van der Waals surface area contributed by atoms with E-state index in [-0.39, 0.29) is 22.2 Å². The van der Waals surface area contributed by atoms with E-state index < -0.39 is 11.4 Å². The zero-order valence-corrected chi connectivity index (χ0v) is 32.6. The van der Waals surface area contributed by atoms with Crippen LogP contribution in [0.15, 0.2) is 119 Å². The summed E-state index contributed by atoms with van der Waals surface area (Å²) < 4.78 is 49.5. The van der Waals surface area contributed by atoms with Gasteiger partial charge in [0.25, 0.3) is 5.91 Å². The van der Waals surface area contributed by atoms with Gasteiger partial charge in [-0.2, -0.15) is 13.2 Å². The predicted molar refractivity (Wildman–Crippen MR) is 222 cm³/mol. The molecule has 6 aromatic rings. The van der Waals surface area contributed by atoms with Crippen molar-refractivity contribution in [3.63, 3.8) is 0 Å². The molecule has 0 saturated carbocycles. The number of H-pyrrole nitrogens is 1. The number of halogens is 4. The first-order valence-corrected chi connectivity index (χ1v) is 20.3. The molecule has 0 spiro atoms. The number of nitrogens with one attached hydrogen (secondary N) is 3. The Morgan fingerprint density at radius 1 is 1.00 bits per heavy atom. The Balaban J connectivity index is 1.07. The van der Waals surface area contributed by atoms with Gasteiger partial charge in [0.2, 0.25) is 0 Å². The second-order valence-electron chi connectivity index (χ2n) is 13.5. The van der Waals surface area contributed by atoms with E-state index in [1.165, 1.54) is 17.2 Å². The molecule has 14 heteroatoms. The maximum absolute atomic E-state index is 13.7. The zero-order valence-electron chi connectivity index (χ0n) is 30.2. The van der Waals surface area contributed by atoms with E-state index in [1.807, 2.05) is 36.4 Å². The van der Waals surface area contributed by atoms with Gasteiger partial charge in [-0.15, -0.1) is 0 Å². The van der Waals surface area contributed by atoms with Crippen LogP contribution in [-0.4, -0.2) is 47.6 Å². The molecule has 1 fully saturated rings. The van der Waals surface area contributed by atoms with Gasteiger partial charge in [0.05, 0.1) is 11.8 Å². The van der Waals surface area contributed by atoms with E-state index >= 15 is 0 Å². The highest BCUT2D eigenvalue weighted by Gasteiger charge is 2.31. The molecule has 0 radical (unpaired) electrons. The van der Waals surface area contributed by atoms with E-state index in [4.69, 9.17) is 22.1 Å². The van der Waals surface area contributed by atoms with Crippen LogP contribution >= 0.6 is 35.3 Å². The molecule has 1 saturated heterocycles. The van der Waals surface area contributed by atoms with Crippen LogP contribution in [0.1, 0.15) is 35.2 Å². The molecule has 290 valence electrons. The van der Waals surface area contributed by atoms with Crippen molar-refractivity contribution in [3.8, 4) is 22.6 Å². The molecular formula is C42H40ClF3N6O2S2. The number of benzene rings is 4. The number of piperidine rings is 1. The van der Waals surface area contributed by atoms with Crippen LogP contribution in [0, 0.1) is 5.92 Å². The molecular weight excluding hydrogens is 777 g/mol. The Bertz CT molecular complexity index is 2280. The minimum atomic E-state index is -4.48. The number of fused-ring (bicyclic) bond motifs is 1. The van der Waals surface area contributed by atoms with Gasteiger partial charge in [0.15, 0.2) is 0 Å². The lowest BCUT2D eigenvalue weighted by Crippen LogP contribution is -2.34. The number of alkyl halides is 3. The number of hydrogen-bond donors (Lipinski definition) is 4. The summed E-state index contributed by atoms with van der Waals surface area (Å²) in [5.74, 6) is 0.840. The number of ether oxygens (including phenoxy) is 1. The lowest BCUT2D eigenvalue weighted by atomic mass is 9.87. The van der Waals surface area contributed by atoms with Crippen molar-refractivity contribution < 1.29 is 22.7 Å². The molecule has 5 N–H and O–H groups in total. The summed E-state index contributed by atoms with van der Waals surface area (Å²) in [6.07, 6.45) is 6.95. The van der Waals surface area contributed by atoms with E-state index in [2.05, 4.69) is 61.3 Å². The molecule has 1 aliphatic heterocycles. The van der Waals surface area contributed by atoms with Crippen molar-refractivity contribution in [2.75, 3.05) is 36.4 Å². The first kappa shape index (κ1) is 39.4. The minimum absolute atomic E-state index is 0.00401. The number of anilines is 2. The highest BCUT2D eigenvalue weighted by atomic mass is 35.5. The number of amides is 1. The summed E-state index contributed by atoms with van der Waals surface area (Å²) in [6, 6.07) is 30.4. The number of hydrogen-bond acceptors (Lipinski definition) is 8. The number of aromatic nitrogens is 2. The fourth-order valence-electron chi connectivity index (χ4n) is 6.80. The Labute approximate surface area is 336 Å². The Morgan fingerprint density at radius 2 is 1.80 bits per heavy atom. The van der Waals surface area contributed by atoms with Crippen LogP contribution in [0.2, 0.25) is 5.02 Å². The van der Waals surface area contributed by atoms with Gasteiger partial charge in [-0.3, -0.25) is 9.52 Å². The van der Waals surface area contributed by atoms with E-state index in [0.29, 0.717) is 58.2 Å². The van der Waals surface area contributed by atoms with Gasteiger partial charge >= 0.3 is 5.51 Å². The van der Waals surface area contributed by atoms with Gasteiger partial charge < -0.3 is 25.7 Å². The second-order valence-corrected chi connectivity index (χ2v) is 15.9. The Morgan fingerprint density at radius 3 is 2.59 bits per heavy atom. The third kappa shape index (κ3) is 10.1. The largest absolute Gasteiger partial charge is 0.455 e. The summed E-state index contributed by atoms with van der Waals surface area (Å²) in [6.45, 7) is 2.52. The summed E-state index contributed by atoms with van der Waals surface area (Å²) in [5, 5.41) is 4.59. The molecule has 1 amide bonds. The molecule has 4 aromatic carbocycles. The van der Waals surface area contributed by atoms with Gasteiger partial charge in [-0.05, 0) is 133 Å². The normalized spacial score (nSPS) is 13.6. The standard InChI is InChI=1S/C42H40ClF3N6O2S2/c43-31-8-6-28(7-9-31)35-5-2-1-4-29(35)22-27-15-20-52(21-16-27)32-10-12-36(38(24-32)54-33-23-30-14-19-49-40(30)50-26-33)41(53)51-56-34-11-13-37(48-18-3-17-47)39(25-34)55-42(44,45)46/h1-2,4-14,19,23-27,48H,3,15-18,20-22,47H2,(H,49,50)(H,51,53). The highest BCUT2D eigenvalue weighted by Crippen LogP contribution is 2.42. The Kier molecular flexibility index (Phi) is 12.6. The van der Waals surface area contributed by atoms with Gasteiger partial charge in [-0.25, -0.2) is 4.98 Å². The van der Waals surface area contributed by atoms with Crippen molar-refractivity contribution in [2.45, 2.75) is 41.0 Å². The number of carbonyl (C=O) groups is 1. The molecule has 1 aliphatic rings. The molecule has 2 aromatic heterocycles.